The van der Waals surface area contributed by atoms with Gasteiger partial charge in [-0.1, -0.05) is 6.92 Å². The summed E-state index contributed by atoms with van der Waals surface area (Å²) < 4.78 is 1.86. The Morgan fingerprint density at radius 2 is 2.28 bits per heavy atom. The lowest BCUT2D eigenvalue weighted by atomic mass is 10.2. The third kappa shape index (κ3) is 2.17. The van der Waals surface area contributed by atoms with Crippen molar-refractivity contribution in [1.82, 2.24) is 9.55 Å². The van der Waals surface area contributed by atoms with E-state index < -0.39 is 4.92 Å². The summed E-state index contributed by atoms with van der Waals surface area (Å²) in [6.07, 6.45) is 5.32. The normalized spacial score (nSPS) is 10.5. The maximum Gasteiger partial charge on any atom is 0.271 e. The zero-order chi connectivity index (χ0) is 13.1. The highest BCUT2D eigenvalue weighted by molar-refractivity contribution is 5.62. The number of nitrogen functional groups attached to an aromatic ring is 1. The highest BCUT2D eigenvalue weighted by atomic mass is 16.6. The van der Waals surface area contributed by atoms with Crippen LogP contribution in [0.5, 0.6) is 0 Å². The lowest BCUT2D eigenvalue weighted by Crippen LogP contribution is -2.04. The summed E-state index contributed by atoms with van der Waals surface area (Å²) in [6.45, 7) is 2.07. The molecule has 94 valence electrons. The van der Waals surface area contributed by atoms with E-state index in [9.17, 15) is 10.1 Å². The Morgan fingerprint density at radius 3 is 2.89 bits per heavy atom. The predicted octanol–water partition coefficient (Wildman–Crippen LogP) is 2.32. The molecule has 6 nitrogen and oxygen atoms in total. The van der Waals surface area contributed by atoms with Gasteiger partial charge in [0.2, 0.25) is 0 Å². The lowest BCUT2D eigenvalue weighted by molar-refractivity contribution is -0.384. The number of rotatable bonds is 4. The van der Waals surface area contributed by atoms with Crippen LogP contribution in [0.15, 0.2) is 30.6 Å². The highest BCUT2D eigenvalue weighted by Gasteiger charge is 2.11. The fourth-order valence-corrected chi connectivity index (χ4v) is 1.84. The van der Waals surface area contributed by atoms with Gasteiger partial charge >= 0.3 is 0 Å². The first kappa shape index (κ1) is 12.1. The summed E-state index contributed by atoms with van der Waals surface area (Å²) >= 11 is 0. The Morgan fingerprint density at radius 1 is 1.50 bits per heavy atom. The monoisotopic (exact) mass is 246 g/mol. The molecule has 0 unspecified atom stereocenters. The number of benzene rings is 1. The van der Waals surface area contributed by atoms with Gasteiger partial charge in [-0.15, -0.1) is 0 Å². The van der Waals surface area contributed by atoms with Crippen LogP contribution in [-0.2, 0) is 6.42 Å². The fourth-order valence-electron chi connectivity index (χ4n) is 1.84. The number of nitro benzene ring substituents is 1. The average molecular weight is 246 g/mol. The molecule has 0 radical (unpaired) electrons. The smallest absolute Gasteiger partial charge is 0.271 e. The minimum Gasteiger partial charge on any atom is -0.397 e. The highest BCUT2D eigenvalue weighted by Crippen LogP contribution is 2.24. The van der Waals surface area contributed by atoms with E-state index in [2.05, 4.69) is 11.9 Å². The van der Waals surface area contributed by atoms with E-state index in [1.54, 1.807) is 12.3 Å². The van der Waals surface area contributed by atoms with E-state index in [0.717, 1.165) is 24.4 Å². The van der Waals surface area contributed by atoms with Gasteiger partial charge < -0.3 is 10.3 Å². The van der Waals surface area contributed by atoms with Crippen molar-refractivity contribution >= 4 is 11.4 Å². The maximum atomic E-state index is 10.7. The van der Waals surface area contributed by atoms with Crippen molar-refractivity contribution < 1.29 is 4.92 Å². The van der Waals surface area contributed by atoms with Crippen LogP contribution in [-0.4, -0.2) is 14.5 Å². The molecule has 2 aromatic rings. The van der Waals surface area contributed by atoms with Crippen LogP contribution in [0, 0.1) is 10.1 Å². The fraction of sp³-hybridized carbons (Fsp3) is 0.250. The Hall–Kier alpha value is -2.37. The van der Waals surface area contributed by atoms with E-state index in [-0.39, 0.29) is 5.69 Å². The summed E-state index contributed by atoms with van der Waals surface area (Å²) in [5, 5.41) is 10.7. The van der Waals surface area contributed by atoms with E-state index in [0.29, 0.717) is 5.69 Å². The molecular weight excluding hydrogens is 232 g/mol. The minimum absolute atomic E-state index is 0.00610. The molecule has 0 spiro atoms. The molecule has 0 amide bonds. The van der Waals surface area contributed by atoms with E-state index >= 15 is 0 Å². The van der Waals surface area contributed by atoms with Crippen molar-refractivity contribution in [1.29, 1.82) is 0 Å². The van der Waals surface area contributed by atoms with Crippen molar-refractivity contribution in [2.24, 2.45) is 0 Å². The van der Waals surface area contributed by atoms with Crippen molar-refractivity contribution in [3.05, 3.63) is 46.5 Å². The summed E-state index contributed by atoms with van der Waals surface area (Å²) in [4.78, 5) is 14.4. The number of nitrogens with two attached hydrogens (primary N) is 1. The zero-order valence-corrected chi connectivity index (χ0v) is 10.0. The van der Waals surface area contributed by atoms with Gasteiger partial charge in [-0.3, -0.25) is 10.1 Å². The molecule has 0 aliphatic carbocycles. The SMILES string of the molecule is CCCc1nccn1-c1ccc([N+](=O)[O-])cc1N. The standard InChI is InChI=1S/C12H14N4O2/c1-2-3-12-14-6-7-15(12)11-5-4-9(16(17)18)8-10(11)13/h4-8H,2-3,13H2,1H3. The summed E-state index contributed by atoms with van der Waals surface area (Å²) in [5.74, 6) is 0.901. The molecule has 2 N–H and O–H groups in total. The van der Waals surface area contributed by atoms with Crippen LogP contribution in [0.3, 0.4) is 0 Å². The molecule has 0 aliphatic heterocycles. The van der Waals surface area contributed by atoms with Crippen LogP contribution >= 0.6 is 0 Å². The van der Waals surface area contributed by atoms with Crippen LogP contribution in [0.1, 0.15) is 19.2 Å². The largest absolute Gasteiger partial charge is 0.397 e. The van der Waals surface area contributed by atoms with Gasteiger partial charge in [0.05, 0.1) is 16.3 Å². The Balaban J connectivity index is 2.44. The second kappa shape index (κ2) is 4.87. The van der Waals surface area contributed by atoms with Gasteiger partial charge in [0, 0.05) is 30.9 Å². The first-order valence-corrected chi connectivity index (χ1v) is 5.70. The van der Waals surface area contributed by atoms with E-state index in [1.165, 1.54) is 12.1 Å². The first-order valence-electron chi connectivity index (χ1n) is 5.70. The maximum absolute atomic E-state index is 10.7. The van der Waals surface area contributed by atoms with Crippen LogP contribution in [0.25, 0.3) is 5.69 Å². The van der Waals surface area contributed by atoms with Crippen LogP contribution in [0.4, 0.5) is 11.4 Å². The second-order valence-electron chi connectivity index (χ2n) is 3.96. The number of nitro groups is 1. The van der Waals surface area contributed by atoms with Gasteiger partial charge in [-0.25, -0.2) is 4.98 Å². The van der Waals surface area contributed by atoms with Crippen molar-refractivity contribution in [3.63, 3.8) is 0 Å². The molecule has 18 heavy (non-hydrogen) atoms. The van der Waals surface area contributed by atoms with Gasteiger partial charge in [0.15, 0.2) is 0 Å². The van der Waals surface area contributed by atoms with Gasteiger partial charge in [0.25, 0.3) is 5.69 Å². The number of hydrogen-bond acceptors (Lipinski definition) is 4. The lowest BCUT2D eigenvalue weighted by Gasteiger charge is -2.09. The number of anilines is 1. The first-order chi connectivity index (χ1) is 8.63. The molecule has 0 saturated heterocycles. The summed E-state index contributed by atoms with van der Waals surface area (Å²) in [7, 11) is 0. The van der Waals surface area contributed by atoms with Gasteiger partial charge in [0.1, 0.15) is 5.82 Å². The van der Waals surface area contributed by atoms with Crippen LogP contribution < -0.4 is 5.73 Å². The molecule has 0 saturated carbocycles. The molecule has 1 aromatic heterocycles. The van der Waals surface area contributed by atoms with Gasteiger partial charge in [-0.2, -0.15) is 0 Å². The molecule has 0 aliphatic rings. The molecule has 2 rings (SSSR count). The molecule has 0 bridgehead atoms. The van der Waals surface area contributed by atoms with Crippen molar-refractivity contribution in [3.8, 4) is 5.69 Å². The number of hydrogen-bond donors (Lipinski definition) is 1. The number of nitrogens with zero attached hydrogens (tertiary/aromatic N) is 3. The molecule has 0 fully saturated rings. The topological polar surface area (TPSA) is 87.0 Å². The number of non-ortho nitro benzene ring substituents is 1. The van der Waals surface area contributed by atoms with Crippen molar-refractivity contribution in [2.75, 3.05) is 5.73 Å². The Labute approximate surface area is 104 Å². The third-order valence-corrected chi connectivity index (χ3v) is 2.67. The zero-order valence-electron chi connectivity index (χ0n) is 10.0. The Kier molecular flexibility index (Phi) is 3.27. The number of imidazole rings is 1. The number of aromatic nitrogens is 2. The molecular formula is C12H14N4O2. The van der Waals surface area contributed by atoms with Crippen LogP contribution in [0.2, 0.25) is 0 Å². The molecule has 1 heterocycles. The van der Waals surface area contributed by atoms with Gasteiger partial charge in [-0.05, 0) is 12.5 Å². The molecule has 1 aromatic carbocycles. The van der Waals surface area contributed by atoms with E-state index in [1.807, 2.05) is 10.8 Å². The number of aryl methyl sites for hydroxylation is 1. The summed E-state index contributed by atoms with van der Waals surface area (Å²) in [5.41, 5.74) is 6.95. The molecule has 0 atom stereocenters. The summed E-state index contributed by atoms with van der Waals surface area (Å²) in [6, 6.07) is 4.46. The average Bonchev–Trinajstić information content (AvgIpc) is 2.77. The predicted molar refractivity (Wildman–Crippen MR) is 68.6 cm³/mol. The second-order valence-corrected chi connectivity index (χ2v) is 3.96. The van der Waals surface area contributed by atoms with Crippen molar-refractivity contribution in [2.45, 2.75) is 19.8 Å². The van der Waals surface area contributed by atoms with E-state index in [4.69, 9.17) is 5.73 Å². The Bertz CT molecular complexity index is 577. The minimum atomic E-state index is -0.457. The quantitative estimate of drug-likeness (QED) is 0.509. The molecule has 6 heteroatoms. The third-order valence-electron chi connectivity index (χ3n) is 2.67.